The molecule has 0 saturated carbocycles. The first-order valence-electron chi connectivity index (χ1n) is 3.87. The van der Waals surface area contributed by atoms with E-state index in [0.717, 1.165) is 5.56 Å². The van der Waals surface area contributed by atoms with Crippen LogP contribution in [0.1, 0.15) is 24.8 Å². The van der Waals surface area contributed by atoms with Crippen LogP contribution in [0.15, 0.2) is 12.5 Å². The second-order valence-corrected chi connectivity index (χ2v) is 2.98. The standard InChI is InChI=1S/C8H9N3O/c1-5-2-7(12)11-8-6(5)3-9-4-10-8/h3-5H,2H2,1H3,(H,9,10,11,12). The maximum absolute atomic E-state index is 11.1. The fraction of sp³-hybridized carbons (Fsp3) is 0.375. The van der Waals surface area contributed by atoms with Crippen molar-refractivity contribution in [1.29, 1.82) is 0 Å². The van der Waals surface area contributed by atoms with E-state index in [0.29, 0.717) is 12.2 Å². The molecule has 2 rings (SSSR count). The number of carbonyl (C=O) groups excluding carboxylic acids is 1. The highest BCUT2D eigenvalue weighted by molar-refractivity contribution is 5.93. The molecule has 0 aromatic carbocycles. The van der Waals surface area contributed by atoms with Gasteiger partial charge >= 0.3 is 0 Å². The number of carbonyl (C=O) groups is 1. The third-order valence-electron chi connectivity index (χ3n) is 2.02. The van der Waals surface area contributed by atoms with E-state index in [1.807, 2.05) is 6.92 Å². The minimum Gasteiger partial charge on any atom is -0.310 e. The first kappa shape index (κ1) is 7.21. The first-order valence-corrected chi connectivity index (χ1v) is 3.87. The minimum absolute atomic E-state index is 0.0358. The highest BCUT2D eigenvalue weighted by Gasteiger charge is 2.22. The highest BCUT2D eigenvalue weighted by atomic mass is 16.1. The van der Waals surface area contributed by atoms with Crippen molar-refractivity contribution in [2.75, 3.05) is 5.32 Å². The predicted molar refractivity (Wildman–Crippen MR) is 43.7 cm³/mol. The molecule has 4 nitrogen and oxygen atoms in total. The Morgan fingerprint density at radius 3 is 3.33 bits per heavy atom. The molecule has 0 bridgehead atoms. The van der Waals surface area contributed by atoms with Crippen molar-refractivity contribution in [3.8, 4) is 0 Å². The van der Waals surface area contributed by atoms with Crippen molar-refractivity contribution in [1.82, 2.24) is 9.97 Å². The molecule has 1 unspecified atom stereocenters. The third kappa shape index (κ3) is 1.05. The first-order chi connectivity index (χ1) is 5.77. The number of nitrogens with one attached hydrogen (secondary N) is 1. The van der Waals surface area contributed by atoms with Crippen LogP contribution in [0, 0.1) is 0 Å². The Labute approximate surface area is 70.0 Å². The summed E-state index contributed by atoms with van der Waals surface area (Å²) in [6.07, 6.45) is 3.73. The van der Waals surface area contributed by atoms with E-state index in [1.165, 1.54) is 6.33 Å². The number of anilines is 1. The molecule has 1 aromatic heterocycles. The lowest BCUT2D eigenvalue weighted by molar-refractivity contribution is -0.116. The maximum Gasteiger partial charge on any atom is 0.226 e. The van der Waals surface area contributed by atoms with Gasteiger partial charge in [0.1, 0.15) is 12.1 Å². The van der Waals surface area contributed by atoms with Crippen LogP contribution in [0.4, 0.5) is 5.82 Å². The van der Waals surface area contributed by atoms with Gasteiger partial charge in [-0.25, -0.2) is 9.97 Å². The lowest BCUT2D eigenvalue weighted by Crippen LogP contribution is -2.22. The van der Waals surface area contributed by atoms with Gasteiger partial charge in [0.05, 0.1) is 0 Å². The van der Waals surface area contributed by atoms with Crippen LogP contribution < -0.4 is 5.32 Å². The Bertz CT molecular complexity index is 324. The van der Waals surface area contributed by atoms with Gasteiger partial charge in [0.15, 0.2) is 0 Å². The van der Waals surface area contributed by atoms with E-state index < -0.39 is 0 Å². The topological polar surface area (TPSA) is 54.9 Å². The van der Waals surface area contributed by atoms with Crippen LogP contribution in [0.2, 0.25) is 0 Å². The van der Waals surface area contributed by atoms with Gasteiger partial charge in [0.2, 0.25) is 5.91 Å². The summed E-state index contributed by atoms with van der Waals surface area (Å²) < 4.78 is 0. The van der Waals surface area contributed by atoms with Gasteiger partial charge < -0.3 is 5.32 Å². The largest absolute Gasteiger partial charge is 0.310 e. The summed E-state index contributed by atoms with van der Waals surface area (Å²) >= 11 is 0. The normalized spacial score (nSPS) is 21.4. The number of rotatable bonds is 0. The summed E-state index contributed by atoms with van der Waals surface area (Å²) in [5.41, 5.74) is 1.03. The molecule has 1 aliphatic heterocycles. The van der Waals surface area contributed by atoms with Crippen molar-refractivity contribution < 1.29 is 4.79 Å². The molecule has 2 heterocycles. The number of aromatic nitrogens is 2. The summed E-state index contributed by atoms with van der Waals surface area (Å²) in [5.74, 6) is 0.928. The Hall–Kier alpha value is -1.45. The molecule has 12 heavy (non-hydrogen) atoms. The Morgan fingerprint density at radius 2 is 2.50 bits per heavy atom. The molecule has 1 atom stereocenters. The van der Waals surface area contributed by atoms with E-state index in [4.69, 9.17) is 0 Å². The molecular weight excluding hydrogens is 154 g/mol. The molecule has 62 valence electrons. The van der Waals surface area contributed by atoms with Crippen molar-refractivity contribution in [2.24, 2.45) is 0 Å². The average Bonchev–Trinajstić information content (AvgIpc) is 2.04. The second kappa shape index (κ2) is 2.55. The monoisotopic (exact) mass is 163 g/mol. The Balaban J connectivity index is 2.47. The zero-order chi connectivity index (χ0) is 8.55. The molecule has 0 saturated heterocycles. The minimum atomic E-state index is 0.0358. The van der Waals surface area contributed by atoms with E-state index in [9.17, 15) is 4.79 Å². The van der Waals surface area contributed by atoms with E-state index in [2.05, 4.69) is 15.3 Å². The van der Waals surface area contributed by atoms with Gasteiger partial charge in [-0.15, -0.1) is 0 Å². The van der Waals surface area contributed by atoms with Gasteiger partial charge in [-0.3, -0.25) is 4.79 Å². The third-order valence-corrected chi connectivity index (χ3v) is 2.02. The second-order valence-electron chi connectivity index (χ2n) is 2.98. The van der Waals surface area contributed by atoms with Gasteiger partial charge in [-0.05, 0) is 5.92 Å². The van der Waals surface area contributed by atoms with Gasteiger partial charge in [-0.1, -0.05) is 6.92 Å². The Morgan fingerprint density at radius 1 is 1.67 bits per heavy atom. The molecule has 0 radical (unpaired) electrons. The molecule has 1 aliphatic rings. The predicted octanol–water partition coefficient (Wildman–Crippen LogP) is 0.922. The molecule has 1 amide bonds. The molecule has 1 aromatic rings. The summed E-state index contributed by atoms with van der Waals surface area (Å²) in [4.78, 5) is 19.0. The van der Waals surface area contributed by atoms with Crippen molar-refractivity contribution in [2.45, 2.75) is 19.3 Å². The van der Waals surface area contributed by atoms with Crippen molar-refractivity contribution >= 4 is 11.7 Å². The fourth-order valence-electron chi connectivity index (χ4n) is 1.38. The van der Waals surface area contributed by atoms with Gasteiger partial charge in [0, 0.05) is 18.2 Å². The van der Waals surface area contributed by atoms with E-state index >= 15 is 0 Å². The lowest BCUT2D eigenvalue weighted by atomic mass is 9.96. The number of hydrogen-bond donors (Lipinski definition) is 1. The number of amides is 1. The van der Waals surface area contributed by atoms with Crippen LogP contribution >= 0.6 is 0 Å². The quantitative estimate of drug-likeness (QED) is 0.618. The highest BCUT2D eigenvalue weighted by Crippen LogP contribution is 2.28. The smallest absolute Gasteiger partial charge is 0.226 e. The summed E-state index contributed by atoms with van der Waals surface area (Å²) in [6, 6.07) is 0. The molecule has 0 fully saturated rings. The van der Waals surface area contributed by atoms with E-state index in [-0.39, 0.29) is 11.8 Å². The zero-order valence-electron chi connectivity index (χ0n) is 6.74. The molecule has 4 heteroatoms. The van der Waals surface area contributed by atoms with Crippen LogP contribution in [-0.4, -0.2) is 15.9 Å². The number of hydrogen-bond acceptors (Lipinski definition) is 3. The summed E-state index contributed by atoms with van der Waals surface area (Å²) in [6.45, 7) is 2.00. The van der Waals surface area contributed by atoms with Crippen molar-refractivity contribution in [3.63, 3.8) is 0 Å². The van der Waals surface area contributed by atoms with Crippen LogP contribution in [0.5, 0.6) is 0 Å². The van der Waals surface area contributed by atoms with Gasteiger partial charge in [-0.2, -0.15) is 0 Å². The lowest BCUT2D eigenvalue weighted by Gasteiger charge is -2.20. The summed E-state index contributed by atoms with van der Waals surface area (Å²) in [7, 11) is 0. The molecule has 1 N–H and O–H groups in total. The van der Waals surface area contributed by atoms with Crippen molar-refractivity contribution in [3.05, 3.63) is 18.1 Å². The molecule has 0 aliphatic carbocycles. The molecular formula is C8H9N3O. The summed E-state index contributed by atoms with van der Waals surface area (Å²) in [5, 5.41) is 2.70. The van der Waals surface area contributed by atoms with E-state index in [1.54, 1.807) is 6.20 Å². The van der Waals surface area contributed by atoms with Gasteiger partial charge in [0.25, 0.3) is 0 Å². The Kier molecular flexibility index (Phi) is 1.53. The number of nitrogens with zero attached hydrogens (tertiary/aromatic N) is 2. The van der Waals surface area contributed by atoms with Crippen LogP contribution in [0.25, 0.3) is 0 Å². The van der Waals surface area contributed by atoms with Crippen LogP contribution in [0.3, 0.4) is 0 Å². The average molecular weight is 163 g/mol. The van der Waals surface area contributed by atoms with Crippen LogP contribution in [-0.2, 0) is 4.79 Å². The number of fused-ring (bicyclic) bond motifs is 1. The maximum atomic E-state index is 11.1. The zero-order valence-corrected chi connectivity index (χ0v) is 6.74. The SMILES string of the molecule is CC1CC(=O)Nc2ncncc21. The fourth-order valence-corrected chi connectivity index (χ4v) is 1.38. The molecule has 0 spiro atoms.